The topological polar surface area (TPSA) is 58.1 Å². The van der Waals surface area contributed by atoms with Crippen LogP contribution in [0.3, 0.4) is 0 Å². The second-order valence-corrected chi connectivity index (χ2v) is 8.20. The van der Waals surface area contributed by atoms with Crippen molar-refractivity contribution in [2.45, 2.75) is 39.0 Å². The number of rotatable bonds is 1. The summed E-state index contributed by atoms with van der Waals surface area (Å²) in [6.45, 7) is 6.34. The lowest BCUT2D eigenvalue weighted by Gasteiger charge is -2.46. The van der Waals surface area contributed by atoms with Crippen molar-refractivity contribution >= 4 is 28.9 Å². The summed E-state index contributed by atoms with van der Waals surface area (Å²) in [4.78, 5) is 17.8. The molecule has 0 bridgehead atoms. The van der Waals surface area contributed by atoms with E-state index in [0.29, 0.717) is 17.4 Å². The number of aromatic nitrogens is 2. The molecule has 1 saturated carbocycles. The van der Waals surface area contributed by atoms with E-state index in [4.69, 9.17) is 16.6 Å². The Morgan fingerprint density at radius 2 is 1.88 bits per heavy atom. The number of Topliss-reactive ketones (excluding diaryl/α,β-unsaturated/α-hetero) is 1. The van der Waals surface area contributed by atoms with Crippen LogP contribution in [0.15, 0.2) is 35.3 Å². The van der Waals surface area contributed by atoms with Crippen LogP contribution in [0.1, 0.15) is 44.7 Å². The maximum Gasteiger partial charge on any atom is 0.179 e. The highest BCUT2D eigenvalue weighted by Gasteiger charge is 2.53. The molecule has 1 N–H and O–H groups in total. The zero-order chi connectivity index (χ0) is 17.1. The quantitative estimate of drug-likeness (QED) is 0.832. The fraction of sp³-hybridized carbons (Fsp3) is 0.421. The molecule has 1 fully saturated rings. The number of halogens is 1. The van der Waals surface area contributed by atoms with Gasteiger partial charge in [0.2, 0.25) is 0 Å². The fourth-order valence-electron chi connectivity index (χ4n) is 4.40. The minimum absolute atomic E-state index is 0.0678. The number of H-pyrrole nitrogens is 1. The molecule has 2 atom stereocenters. The van der Waals surface area contributed by atoms with Crippen LogP contribution >= 0.6 is 11.6 Å². The van der Waals surface area contributed by atoms with E-state index in [0.717, 1.165) is 23.3 Å². The number of aromatic amines is 1. The van der Waals surface area contributed by atoms with Gasteiger partial charge in [0.05, 0.1) is 5.92 Å². The molecule has 1 aliphatic carbocycles. The molecule has 1 aromatic carbocycles. The highest BCUT2D eigenvalue weighted by molar-refractivity contribution is 6.31. The molecule has 124 valence electrons. The molecule has 2 aromatic rings. The Labute approximate surface area is 146 Å². The Kier molecular flexibility index (Phi) is 3.26. The van der Waals surface area contributed by atoms with Gasteiger partial charge >= 0.3 is 0 Å². The first-order valence-electron chi connectivity index (χ1n) is 8.23. The predicted octanol–water partition coefficient (Wildman–Crippen LogP) is 4.46. The normalized spacial score (nSPS) is 28.1. The van der Waals surface area contributed by atoms with Crippen molar-refractivity contribution in [3.8, 4) is 0 Å². The number of fused-ring (bicyclic) bond motifs is 2. The first kappa shape index (κ1) is 15.6. The van der Waals surface area contributed by atoms with E-state index in [9.17, 15) is 4.79 Å². The molecular weight excluding hydrogens is 322 g/mol. The van der Waals surface area contributed by atoms with Crippen LogP contribution < -0.4 is 0 Å². The van der Waals surface area contributed by atoms with Gasteiger partial charge in [0.15, 0.2) is 5.82 Å². The molecule has 0 spiro atoms. The van der Waals surface area contributed by atoms with E-state index in [1.54, 1.807) is 0 Å². The molecule has 24 heavy (non-hydrogen) atoms. The Hall–Kier alpha value is -1.94. The van der Waals surface area contributed by atoms with E-state index < -0.39 is 5.41 Å². The van der Waals surface area contributed by atoms with Gasteiger partial charge in [-0.2, -0.15) is 5.10 Å². The van der Waals surface area contributed by atoms with Crippen LogP contribution in [0.4, 0.5) is 5.82 Å². The van der Waals surface area contributed by atoms with Crippen LogP contribution in [-0.4, -0.2) is 21.7 Å². The summed E-state index contributed by atoms with van der Waals surface area (Å²) in [7, 11) is 0. The van der Waals surface area contributed by atoms with Crippen molar-refractivity contribution in [3.05, 3.63) is 46.6 Å². The van der Waals surface area contributed by atoms with E-state index in [1.165, 1.54) is 0 Å². The molecule has 0 radical (unpaired) electrons. The van der Waals surface area contributed by atoms with E-state index in [-0.39, 0.29) is 17.1 Å². The van der Waals surface area contributed by atoms with Gasteiger partial charge in [0.1, 0.15) is 10.9 Å². The van der Waals surface area contributed by atoms with Gasteiger partial charge in [-0.05, 0) is 17.4 Å². The molecule has 5 heteroatoms. The van der Waals surface area contributed by atoms with Gasteiger partial charge < -0.3 is 0 Å². The summed E-state index contributed by atoms with van der Waals surface area (Å²) in [5.41, 5.74) is 2.21. The summed E-state index contributed by atoms with van der Waals surface area (Å²) in [5, 5.41) is 7.60. The van der Waals surface area contributed by atoms with Gasteiger partial charge in [-0.1, -0.05) is 62.7 Å². The van der Waals surface area contributed by atoms with Crippen LogP contribution in [0.25, 0.3) is 0 Å². The van der Waals surface area contributed by atoms with Crippen molar-refractivity contribution in [1.29, 1.82) is 0 Å². The van der Waals surface area contributed by atoms with Gasteiger partial charge in [-0.25, -0.2) is 4.99 Å². The first-order valence-corrected chi connectivity index (χ1v) is 8.61. The SMILES string of the molecule is CC1(C)CC(=O)C2C(=Nc3n[nH]c(Cl)c3C2(C)c2ccccc2)C1. The summed E-state index contributed by atoms with van der Waals surface area (Å²) < 4.78 is 0. The maximum atomic E-state index is 13.1. The highest BCUT2D eigenvalue weighted by atomic mass is 35.5. The maximum absolute atomic E-state index is 13.1. The van der Waals surface area contributed by atoms with Gasteiger partial charge in [-0.3, -0.25) is 9.89 Å². The average Bonchev–Trinajstić information content (AvgIpc) is 2.88. The monoisotopic (exact) mass is 341 g/mol. The van der Waals surface area contributed by atoms with Crippen molar-refractivity contribution in [2.75, 3.05) is 0 Å². The largest absolute Gasteiger partial charge is 0.299 e. The average molecular weight is 342 g/mol. The number of hydrogen-bond acceptors (Lipinski definition) is 3. The lowest BCUT2D eigenvalue weighted by atomic mass is 9.57. The van der Waals surface area contributed by atoms with Crippen molar-refractivity contribution in [2.24, 2.45) is 16.3 Å². The second kappa shape index (κ2) is 5.03. The van der Waals surface area contributed by atoms with E-state index in [2.05, 4.69) is 43.1 Å². The fourth-order valence-corrected chi connectivity index (χ4v) is 4.73. The lowest BCUT2D eigenvalue weighted by molar-refractivity contribution is -0.125. The van der Waals surface area contributed by atoms with Crippen molar-refractivity contribution < 1.29 is 4.79 Å². The molecule has 1 aliphatic heterocycles. The number of nitrogens with zero attached hydrogens (tertiary/aromatic N) is 2. The molecule has 1 aromatic heterocycles. The Morgan fingerprint density at radius 3 is 2.58 bits per heavy atom. The summed E-state index contributed by atoms with van der Waals surface area (Å²) in [5.74, 6) is 0.567. The van der Waals surface area contributed by atoms with Crippen molar-refractivity contribution in [1.82, 2.24) is 10.2 Å². The van der Waals surface area contributed by atoms with Gasteiger partial charge in [0, 0.05) is 23.1 Å². The molecule has 2 unspecified atom stereocenters. The third kappa shape index (κ3) is 2.09. The molecule has 2 aliphatic rings. The van der Waals surface area contributed by atoms with Crippen LogP contribution in [0, 0.1) is 11.3 Å². The third-order valence-corrected chi connectivity index (χ3v) is 5.66. The standard InChI is InChI=1S/C19H20ClN3O/c1-18(2)9-12-14(13(24)10-18)19(3,11-7-5-4-6-8-11)15-16(20)22-23-17(15)21-12/h4-8,14H,9-10H2,1-3H3,(H,22,23). The number of carbonyl (C=O) groups is 1. The first-order chi connectivity index (χ1) is 11.3. The van der Waals surface area contributed by atoms with E-state index in [1.807, 2.05) is 18.2 Å². The number of carbonyl (C=O) groups excluding carboxylic acids is 1. The molecule has 4 nitrogen and oxygen atoms in total. The van der Waals surface area contributed by atoms with Crippen LogP contribution in [0.2, 0.25) is 5.15 Å². The molecule has 0 amide bonds. The number of aliphatic imine (C=N–C) groups is 1. The van der Waals surface area contributed by atoms with Crippen molar-refractivity contribution in [3.63, 3.8) is 0 Å². The van der Waals surface area contributed by atoms with Gasteiger partial charge in [-0.15, -0.1) is 0 Å². The summed E-state index contributed by atoms with van der Waals surface area (Å²) in [6.07, 6.45) is 1.36. The highest BCUT2D eigenvalue weighted by Crippen LogP contribution is 2.53. The summed E-state index contributed by atoms with van der Waals surface area (Å²) in [6, 6.07) is 10.1. The van der Waals surface area contributed by atoms with Crippen LogP contribution in [0.5, 0.6) is 0 Å². The molecule has 2 heterocycles. The second-order valence-electron chi connectivity index (χ2n) is 7.82. The number of hydrogen-bond donors (Lipinski definition) is 1. The van der Waals surface area contributed by atoms with Gasteiger partial charge in [0.25, 0.3) is 0 Å². The van der Waals surface area contributed by atoms with Crippen LogP contribution in [-0.2, 0) is 10.2 Å². The number of ketones is 1. The predicted molar refractivity (Wildman–Crippen MR) is 95.1 cm³/mol. The number of benzene rings is 1. The molecule has 0 saturated heterocycles. The number of nitrogens with one attached hydrogen (secondary N) is 1. The third-order valence-electron chi connectivity index (χ3n) is 5.39. The molecular formula is C19H20ClN3O. The Balaban J connectivity index is 2.00. The minimum atomic E-state index is -0.550. The smallest absolute Gasteiger partial charge is 0.179 e. The molecule has 4 rings (SSSR count). The summed E-state index contributed by atoms with van der Waals surface area (Å²) >= 11 is 6.43. The minimum Gasteiger partial charge on any atom is -0.299 e. The lowest BCUT2D eigenvalue weighted by Crippen LogP contribution is -2.50. The zero-order valence-corrected chi connectivity index (χ0v) is 14.8. The Morgan fingerprint density at radius 1 is 1.17 bits per heavy atom. The zero-order valence-electron chi connectivity index (χ0n) is 14.1. The van der Waals surface area contributed by atoms with E-state index >= 15 is 0 Å². The Bertz CT molecular complexity index is 853.